The summed E-state index contributed by atoms with van der Waals surface area (Å²) in [6.45, 7) is 4.07. The van der Waals surface area contributed by atoms with E-state index in [2.05, 4.69) is 10.6 Å². The molecule has 0 radical (unpaired) electrons. The third-order valence-electron chi connectivity index (χ3n) is 3.90. The Morgan fingerprint density at radius 3 is 2.87 bits per heavy atom. The lowest BCUT2D eigenvalue weighted by molar-refractivity contribution is -0.134. The van der Waals surface area contributed by atoms with Crippen molar-refractivity contribution >= 4 is 17.5 Å². The minimum absolute atomic E-state index is 0.0302. The lowest BCUT2D eigenvalue weighted by Crippen LogP contribution is -2.45. The highest BCUT2D eigenvalue weighted by atomic mass is 16.5. The van der Waals surface area contributed by atoms with E-state index in [1.165, 1.54) is 4.90 Å². The molecule has 126 valence electrons. The Morgan fingerprint density at radius 2 is 2.17 bits per heavy atom. The fraction of sp³-hybridized carbons (Fsp3) is 0.529. The largest absolute Gasteiger partial charge is 0.378 e. The fourth-order valence-electron chi connectivity index (χ4n) is 2.56. The second-order valence-corrected chi connectivity index (χ2v) is 5.74. The molecular formula is C17H25N3O3. The molecule has 1 aliphatic rings. The highest BCUT2D eigenvalue weighted by Crippen LogP contribution is 2.15. The highest BCUT2D eigenvalue weighted by molar-refractivity contribution is 5.95. The molecule has 2 N–H and O–H groups in total. The third kappa shape index (κ3) is 5.33. The number of ether oxygens (including phenoxy) is 1. The van der Waals surface area contributed by atoms with E-state index < -0.39 is 0 Å². The van der Waals surface area contributed by atoms with Gasteiger partial charge in [-0.1, -0.05) is 25.1 Å². The summed E-state index contributed by atoms with van der Waals surface area (Å²) in [5.74, 6) is -0.249. The first-order valence-electron chi connectivity index (χ1n) is 8.03. The predicted molar refractivity (Wildman–Crippen MR) is 89.3 cm³/mol. The zero-order valence-electron chi connectivity index (χ0n) is 13.8. The molecule has 23 heavy (non-hydrogen) atoms. The molecule has 1 aromatic carbocycles. The summed E-state index contributed by atoms with van der Waals surface area (Å²) < 4.78 is 5.34. The number of benzene rings is 1. The maximum Gasteiger partial charge on any atom is 0.243 e. The zero-order valence-corrected chi connectivity index (χ0v) is 13.8. The molecule has 1 saturated heterocycles. The van der Waals surface area contributed by atoms with Gasteiger partial charge in [-0.15, -0.1) is 0 Å². The number of likely N-dealkylation sites (N-methyl/N-ethyl adjacent to an activating group) is 1. The summed E-state index contributed by atoms with van der Waals surface area (Å²) >= 11 is 0. The van der Waals surface area contributed by atoms with E-state index in [0.717, 1.165) is 24.2 Å². The molecule has 0 bridgehead atoms. The Bertz CT molecular complexity index is 542. The van der Waals surface area contributed by atoms with E-state index in [0.29, 0.717) is 19.6 Å². The summed E-state index contributed by atoms with van der Waals surface area (Å²) in [6.07, 6.45) is 1.19. The normalized spacial score (nSPS) is 17.6. The molecule has 0 saturated carbocycles. The third-order valence-corrected chi connectivity index (χ3v) is 3.90. The van der Waals surface area contributed by atoms with E-state index in [9.17, 15) is 9.59 Å². The van der Waals surface area contributed by atoms with Crippen LogP contribution in [0.5, 0.6) is 0 Å². The van der Waals surface area contributed by atoms with Crippen molar-refractivity contribution < 1.29 is 14.3 Å². The highest BCUT2D eigenvalue weighted by Gasteiger charge is 2.20. The van der Waals surface area contributed by atoms with Crippen LogP contribution in [0, 0.1) is 0 Å². The first-order chi connectivity index (χ1) is 11.1. The Balaban J connectivity index is 1.82. The minimum atomic E-state index is -0.186. The van der Waals surface area contributed by atoms with Gasteiger partial charge >= 0.3 is 0 Å². The minimum Gasteiger partial charge on any atom is -0.378 e. The number of hydrogen-bond acceptors (Lipinski definition) is 4. The Labute approximate surface area is 137 Å². The topological polar surface area (TPSA) is 70.7 Å². The van der Waals surface area contributed by atoms with Crippen LogP contribution >= 0.6 is 0 Å². The number of amides is 2. The molecule has 1 heterocycles. The number of carbonyl (C=O) groups is 2. The van der Waals surface area contributed by atoms with Crippen LogP contribution in [0.1, 0.15) is 18.9 Å². The number of nitrogens with zero attached hydrogens (tertiary/aromatic N) is 1. The Hall–Kier alpha value is -1.92. The van der Waals surface area contributed by atoms with E-state index in [1.807, 2.05) is 31.2 Å². The Morgan fingerprint density at radius 1 is 1.39 bits per heavy atom. The predicted octanol–water partition coefficient (Wildman–Crippen LogP) is 1.02. The molecule has 1 aliphatic heterocycles. The molecule has 2 amide bonds. The average Bonchev–Trinajstić information content (AvgIpc) is 2.56. The van der Waals surface area contributed by atoms with Gasteiger partial charge in [-0.25, -0.2) is 0 Å². The van der Waals surface area contributed by atoms with Crippen molar-refractivity contribution in [2.45, 2.75) is 25.8 Å². The van der Waals surface area contributed by atoms with Gasteiger partial charge in [0.1, 0.15) is 0 Å². The first-order valence-corrected chi connectivity index (χ1v) is 8.03. The molecule has 2 rings (SSSR count). The number of aryl methyl sites for hydroxylation is 1. The lowest BCUT2D eigenvalue weighted by atomic mass is 10.1. The van der Waals surface area contributed by atoms with E-state index >= 15 is 0 Å². The summed E-state index contributed by atoms with van der Waals surface area (Å²) in [5, 5.41) is 6.12. The van der Waals surface area contributed by atoms with Crippen LogP contribution in [-0.2, 0) is 20.7 Å². The monoisotopic (exact) mass is 319 g/mol. The first kappa shape index (κ1) is 17.4. The van der Waals surface area contributed by atoms with Gasteiger partial charge in [-0.3, -0.25) is 9.59 Å². The summed E-state index contributed by atoms with van der Waals surface area (Å²) in [6, 6.07) is 7.73. The van der Waals surface area contributed by atoms with Crippen LogP contribution in [0.25, 0.3) is 0 Å². The van der Waals surface area contributed by atoms with E-state index in [1.54, 1.807) is 7.05 Å². The van der Waals surface area contributed by atoms with Gasteiger partial charge in [-0.2, -0.15) is 0 Å². The molecule has 6 nitrogen and oxygen atoms in total. The zero-order chi connectivity index (χ0) is 16.7. The van der Waals surface area contributed by atoms with Crippen molar-refractivity contribution in [3.63, 3.8) is 0 Å². The SMILES string of the molecule is CCc1ccccc1NC(=O)CN(C)C(=O)CC1COCCN1. The number of para-hydroxylation sites is 1. The maximum atomic E-state index is 12.2. The van der Waals surface area contributed by atoms with Crippen LogP contribution in [-0.4, -0.2) is 56.1 Å². The Kier molecular flexibility index (Phi) is 6.55. The van der Waals surface area contributed by atoms with Crippen molar-refractivity contribution in [3.8, 4) is 0 Å². The van der Waals surface area contributed by atoms with Crippen LogP contribution in [0.3, 0.4) is 0 Å². The van der Waals surface area contributed by atoms with Gasteiger partial charge < -0.3 is 20.3 Å². The molecule has 1 unspecified atom stereocenters. The van der Waals surface area contributed by atoms with Gasteiger partial charge in [0, 0.05) is 31.7 Å². The van der Waals surface area contributed by atoms with Crippen LogP contribution < -0.4 is 10.6 Å². The van der Waals surface area contributed by atoms with Crippen LogP contribution in [0.4, 0.5) is 5.69 Å². The smallest absolute Gasteiger partial charge is 0.243 e. The number of nitrogens with one attached hydrogen (secondary N) is 2. The summed E-state index contributed by atoms with van der Waals surface area (Å²) in [5.41, 5.74) is 1.89. The van der Waals surface area contributed by atoms with Crippen molar-refractivity contribution in [1.82, 2.24) is 10.2 Å². The molecule has 1 atom stereocenters. The summed E-state index contributed by atoms with van der Waals surface area (Å²) in [4.78, 5) is 25.8. The van der Waals surface area contributed by atoms with Crippen molar-refractivity contribution in [3.05, 3.63) is 29.8 Å². The number of carbonyl (C=O) groups excluding carboxylic acids is 2. The second kappa shape index (κ2) is 8.64. The quantitative estimate of drug-likeness (QED) is 0.821. The van der Waals surface area contributed by atoms with Crippen LogP contribution in [0.15, 0.2) is 24.3 Å². The lowest BCUT2D eigenvalue weighted by Gasteiger charge is -2.25. The number of hydrogen-bond donors (Lipinski definition) is 2. The molecule has 0 spiro atoms. The second-order valence-electron chi connectivity index (χ2n) is 5.74. The van der Waals surface area contributed by atoms with Crippen molar-refractivity contribution in [2.75, 3.05) is 38.7 Å². The summed E-state index contributed by atoms with van der Waals surface area (Å²) in [7, 11) is 1.65. The number of rotatable bonds is 6. The van der Waals surface area contributed by atoms with E-state index in [-0.39, 0.29) is 24.4 Å². The van der Waals surface area contributed by atoms with Crippen LogP contribution in [0.2, 0.25) is 0 Å². The van der Waals surface area contributed by atoms with Gasteiger partial charge in [0.2, 0.25) is 11.8 Å². The van der Waals surface area contributed by atoms with E-state index in [4.69, 9.17) is 4.74 Å². The molecule has 0 aromatic heterocycles. The molecule has 1 aromatic rings. The average molecular weight is 319 g/mol. The number of anilines is 1. The molecule has 1 fully saturated rings. The van der Waals surface area contributed by atoms with Gasteiger partial charge in [0.25, 0.3) is 0 Å². The number of morpholine rings is 1. The van der Waals surface area contributed by atoms with Crippen molar-refractivity contribution in [1.29, 1.82) is 0 Å². The van der Waals surface area contributed by atoms with Gasteiger partial charge in [-0.05, 0) is 18.1 Å². The molecule has 0 aliphatic carbocycles. The standard InChI is InChI=1S/C17H25N3O3/c1-3-13-6-4-5-7-15(13)19-16(21)11-20(2)17(22)10-14-12-23-9-8-18-14/h4-7,14,18H,3,8-12H2,1-2H3,(H,19,21). The molecule has 6 heteroatoms. The molecular weight excluding hydrogens is 294 g/mol. The maximum absolute atomic E-state index is 12.2. The fourth-order valence-corrected chi connectivity index (χ4v) is 2.56. The van der Waals surface area contributed by atoms with Gasteiger partial charge in [0.15, 0.2) is 0 Å². The van der Waals surface area contributed by atoms with Gasteiger partial charge in [0.05, 0.1) is 19.8 Å². The van der Waals surface area contributed by atoms with Crippen molar-refractivity contribution in [2.24, 2.45) is 0 Å².